The molecule has 2 aromatic carbocycles. The van der Waals surface area contributed by atoms with E-state index < -0.39 is 7.07 Å². The second-order valence-electron chi connectivity index (χ2n) is 5.77. The Bertz CT molecular complexity index is 784. The van der Waals surface area contributed by atoms with E-state index in [9.17, 15) is 0 Å². The van der Waals surface area contributed by atoms with E-state index in [0.29, 0.717) is 8.50 Å². The van der Waals surface area contributed by atoms with Gasteiger partial charge in [0.1, 0.15) is 5.75 Å². The zero-order valence-corrected chi connectivity index (χ0v) is 27.2. The topological polar surface area (TPSA) is 37.3 Å². The summed E-state index contributed by atoms with van der Waals surface area (Å²) >= 11 is 5.46. The summed E-state index contributed by atoms with van der Waals surface area (Å²) in [5.74, 6) is 1.61. The first kappa shape index (κ1) is 30.7. The van der Waals surface area contributed by atoms with Gasteiger partial charge in [-0.3, -0.25) is 4.52 Å². The second kappa shape index (κ2) is 17.2. The third kappa shape index (κ3) is 12.0. The van der Waals surface area contributed by atoms with Crippen LogP contribution in [0.2, 0.25) is 0 Å². The van der Waals surface area contributed by atoms with Crippen LogP contribution in [0.5, 0.6) is 11.5 Å². The SMILES string of the molecule is [CH2-]N([CH2-])CCc1ccc(O[P+](=S)N(C)/N=C/c2ccc(OPPP)cc2)cc1.[W].[W]. The molecule has 2 aromatic rings. The first-order valence-electron chi connectivity index (χ1n) is 8.36. The number of hydrazone groups is 1. The molecule has 4 atom stereocenters. The van der Waals surface area contributed by atoms with Crippen LogP contribution < -0.4 is 9.05 Å². The zero-order chi connectivity index (χ0) is 20.4. The minimum atomic E-state index is -1.29. The van der Waals surface area contributed by atoms with Crippen molar-refractivity contribution >= 4 is 50.5 Å². The van der Waals surface area contributed by atoms with E-state index in [-0.39, 0.29) is 42.1 Å². The maximum atomic E-state index is 5.84. The molecule has 0 bridgehead atoms. The number of benzene rings is 2. The quantitative estimate of drug-likeness (QED) is 0.128. The summed E-state index contributed by atoms with van der Waals surface area (Å²) in [6.45, 7) is 0.802. The molecule has 0 spiro atoms. The molecule has 0 aliphatic rings. The molecular weight excluding hydrogens is 814 g/mol. The Morgan fingerprint density at radius 1 is 1.10 bits per heavy atom. The molecule has 4 unspecified atom stereocenters. The van der Waals surface area contributed by atoms with Crippen molar-refractivity contribution in [1.82, 2.24) is 9.68 Å². The van der Waals surface area contributed by atoms with Crippen LogP contribution in [0.4, 0.5) is 0 Å². The summed E-state index contributed by atoms with van der Waals surface area (Å²) in [5, 5.41) is 4.40. The maximum absolute atomic E-state index is 5.84. The van der Waals surface area contributed by atoms with Crippen LogP contribution in [-0.4, -0.2) is 29.5 Å². The van der Waals surface area contributed by atoms with E-state index >= 15 is 0 Å². The summed E-state index contributed by atoms with van der Waals surface area (Å²) in [7, 11) is 11.9. The standard InChI is InChI=1S/C18H24N3O2P4S.2W/c1-20(2)13-12-15-4-10-18(11-5-15)23-27(28)21(3)19-14-16-6-8-17(9-7-16)22-25-26-24;;/h4-11,14,25-26H,1-2,12-13,24H2,3H3;;/q-1;;/b19-14+;;. The van der Waals surface area contributed by atoms with Crippen LogP contribution >= 0.6 is 32.5 Å². The molecule has 2 rings (SSSR count). The van der Waals surface area contributed by atoms with Crippen molar-refractivity contribution in [3.05, 3.63) is 73.8 Å². The van der Waals surface area contributed by atoms with Crippen molar-refractivity contribution in [1.29, 1.82) is 0 Å². The van der Waals surface area contributed by atoms with Crippen molar-refractivity contribution in [2.75, 3.05) is 13.6 Å². The predicted molar refractivity (Wildman–Crippen MR) is 131 cm³/mol. The molecule has 0 aromatic heterocycles. The largest absolute Gasteiger partial charge is 0.610 e. The van der Waals surface area contributed by atoms with Crippen LogP contribution in [0.1, 0.15) is 11.1 Å². The normalized spacial score (nSPS) is 11.7. The van der Waals surface area contributed by atoms with E-state index in [4.69, 9.17) is 20.9 Å². The Morgan fingerprint density at radius 3 is 2.27 bits per heavy atom. The summed E-state index contributed by atoms with van der Waals surface area (Å²) in [6.07, 6.45) is 2.66. The third-order valence-electron chi connectivity index (χ3n) is 3.54. The molecule has 0 saturated heterocycles. The van der Waals surface area contributed by atoms with E-state index in [1.54, 1.807) is 15.9 Å². The first-order valence-corrected chi connectivity index (χ1v) is 15.3. The molecule has 0 heterocycles. The van der Waals surface area contributed by atoms with Gasteiger partial charge in [0.15, 0.2) is 5.75 Å². The van der Waals surface area contributed by atoms with Gasteiger partial charge >= 0.3 is 7.07 Å². The van der Waals surface area contributed by atoms with E-state index in [0.717, 1.165) is 38.0 Å². The minimum Gasteiger partial charge on any atom is -0.610 e. The Balaban J connectivity index is 0.00000420. The van der Waals surface area contributed by atoms with Crippen molar-refractivity contribution in [2.45, 2.75) is 6.42 Å². The second-order valence-corrected chi connectivity index (χ2v) is 12.7. The molecule has 0 saturated carbocycles. The van der Waals surface area contributed by atoms with Gasteiger partial charge in [0.2, 0.25) is 11.8 Å². The van der Waals surface area contributed by atoms with Gasteiger partial charge < -0.3 is 23.5 Å². The molecule has 162 valence electrons. The molecule has 0 fully saturated rings. The van der Waals surface area contributed by atoms with E-state index in [2.05, 4.69) is 28.1 Å². The predicted octanol–water partition coefficient (Wildman–Crippen LogP) is 5.58. The van der Waals surface area contributed by atoms with Crippen molar-refractivity contribution in [3.8, 4) is 11.5 Å². The Morgan fingerprint density at radius 2 is 1.70 bits per heavy atom. The zero-order valence-electron chi connectivity index (χ0n) is 16.4. The van der Waals surface area contributed by atoms with Crippen LogP contribution in [0.25, 0.3) is 0 Å². The van der Waals surface area contributed by atoms with Crippen LogP contribution in [0, 0.1) is 14.1 Å². The van der Waals surface area contributed by atoms with Gasteiger partial charge in [0.05, 0.1) is 21.8 Å². The molecule has 30 heavy (non-hydrogen) atoms. The maximum Gasteiger partial charge on any atom is 0.540 e. The fourth-order valence-electron chi connectivity index (χ4n) is 2.06. The molecule has 12 heteroatoms. The van der Waals surface area contributed by atoms with Gasteiger partial charge in [-0.15, -0.1) is 14.0 Å². The Labute approximate surface area is 220 Å². The average molecular weight is 838 g/mol. The summed E-state index contributed by atoms with van der Waals surface area (Å²) in [4.78, 5) is 1.67. The van der Waals surface area contributed by atoms with Crippen molar-refractivity contribution in [2.24, 2.45) is 5.10 Å². The number of nitrogens with zero attached hydrogens (tertiary/aromatic N) is 3. The molecule has 0 aliphatic carbocycles. The van der Waals surface area contributed by atoms with Crippen LogP contribution in [0.15, 0.2) is 53.6 Å². The molecule has 0 aliphatic heterocycles. The van der Waals surface area contributed by atoms with E-state index in [1.807, 2.05) is 55.6 Å². The van der Waals surface area contributed by atoms with Crippen molar-refractivity contribution in [3.63, 3.8) is 0 Å². The molecule has 5 nitrogen and oxygen atoms in total. The van der Waals surface area contributed by atoms with Gasteiger partial charge in [0.25, 0.3) is 0 Å². The minimum absolute atomic E-state index is 0. The molecule has 0 radical (unpaired) electrons. The summed E-state index contributed by atoms with van der Waals surface area (Å²) in [5.41, 5.74) is 2.18. The van der Waals surface area contributed by atoms with Crippen LogP contribution in [0.3, 0.4) is 0 Å². The summed E-state index contributed by atoms with van der Waals surface area (Å²) < 4.78 is 13.1. The molecular formula is C18H24N3O2P4SW2-. The number of hydrogen-bond acceptors (Lipinski definition) is 5. The van der Waals surface area contributed by atoms with Gasteiger partial charge in [-0.1, -0.05) is 23.5 Å². The monoisotopic (exact) mass is 838 g/mol. The van der Waals surface area contributed by atoms with Gasteiger partial charge in [-0.05, 0) is 61.9 Å². The smallest absolute Gasteiger partial charge is 0.540 e. The van der Waals surface area contributed by atoms with Gasteiger partial charge in [-0.2, -0.15) is 0 Å². The fraction of sp³-hybridized carbons (Fsp3) is 0.167. The van der Waals surface area contributed by atoms with E-state index in [1.165, 1.54) is 5.56 Å². The number of hydrogen-bond donors (Lipinski definition) is 0. The molecule has 0 amide bonds. The van der Waals surface area contributed by atoms with Crippen molar-refractivity contribution < 1.29 is 51.2 Å². The fourth-order valence-corrected chi connectivity index (χ4v) is 4.37. The average Bonchev–Trinajstić information content (AvgIpc) is 2.70. The van der Waals surface area contributed by atoms with Gasteiger partial charge in [-0.25, -0.2) is 0 Å². The first-order chi connectivity index (χ1) is 13.5. The third-order valence-corrected chi connectivity index (χ3v) is 7.59. The van der Waals surface area contributed by atoms with Gasteiger partial charge in [0, 0.05) is 42.1 Å². The molecule has 0 N–H and O–H groups in total. The Hall–Kier alpha value is 0.657. The number of rotatable bonds is 11. The Kier molecular flexibility index (Phi) is 17.6. The van der Waals surface area contributed by atoms with Crippen LogP contribution in [-0.2, 0) is 60.4 Å². The summed E-state index contributed by atoms with van der Waals surface area (Å²) in [6, 6.07) is 15.7.